The zero-order valence-corrected chi connectivity index (χ0v) is 16.0. The van der Waals surface area contributed by atoms with E-state index < -0.39 is 64.9 Å². The monoisotopic (exact) mass is 470 g/mol. The highest BCUT2D eigenvalue weighted by Crippen LogP contribution is 2.39. The largest absolute Gasteiger partial charge is 0.463 e. The Bertz CT molecular complexity index is 987. The van der Waals surface area contributed by atoms with Crippen LogP contribution in [-0.2, 0) is 15.7 Å². The zero-order valence-electron chi connectivity index (χ0n) is 16.0. The van der Waals surface area contributed by atoms with E-state index in [2.05, 4.69) is 4.74 Å². The normalized spacial score (nSPS) is 13.8. The van der Waals surface area contributed by atoms with Gasteiger partial charge in [0, 0.05) is 5.69 Å². The van der Waals surface area contributed by atoms with Gasteiger partial charge >= 0.3 is 24.0 Å². The van der Waals surface area contributed by atoms with Crippen LogP contribution in [0.3, 0.4) is 0 Å². The minimum atomic E-state index is -5.82. The summed E-state index contributed by atoms with van der Waals surface area (Å²) < 4.78 is 114. The molecule has 2 rings (SSSR count). The highest BCUT2D eigenvalue weighted by atomic mass is 19.4. The van der Waals surface area contributed by atoms with Crippen molar-refractivity contribution in [3.05, 3.63) is 65.2 Å². The van der Waals surface area contributed by atoms with Crippen molar-refractivity contribution in [1.82, 2.24) is 5.32 Å². The van der Waals surface area contributed by atoms with E-state index in [1.54, 1.807) is 0 Å². The lowest BCUT2D eigenvalue weighted by molar-refractivity contribution is -0.204. The number of amides is 1. The molecule has 0 fully saturated rings. The predicted molar refractivity (Wildman–Crippen MR) is 94.3 cm³/mol. The fourth-order valence-electron chi connectivity index (χ4n) is 2.62. The third kappa shape index (κ3) is 4.92. The van der Waals surface area contributed by atoms with Gasteiger partial charge in [0.2, 0.25) is 0 Å². The van der Waals surface area contributed by atoms with Crippen LogP contribution in [0.2, 0.25) is 0 Å². The molecule has 0 saturated heterocycles. The molecule has 0 saturated carbocycles. The van der Waals surface area contributed by atoms with E-state index in [0.29, 0.717) is 24.3 Å². The van der Waals surface area contributed by atoms with Gasteiger partial charge in [-0.05, 0) is 31.2 Å². The summed E-state index contributed by atoms with van der Waals surface area (Å²) in [5.74, 6) is -7.46. The fraction of sp³-hybridized carbons (Fsp3) is 0.263. The van der Waals surface area contributed by atoms with Crippen molar-refractivity contribution in [1.29, 1.82) is 0 Å². The Morgan fingerprint density at radius 2 is 1.47 bits per heavy atom. The number of anilines is 1. The molecule has 0 bridgehead atoms. The van der Waals surface area contributed by atoms with Crippen molar-refractivity contribution in [2.75, 3.05) is 11.9 Å². The second kappa shape index (κ2) is 9.01. The average Bonchev–Trinajstić information content (AvgIpc) is 2.66. The van der Waals surface area contributed by atoms with Gasteiger partial charge in [-0.2, -0.15) is 26.3 Å². The molecule has 2 aromatic carbocycles. The predicted octanol–water partition coefficient (Wildman–Crippen LogP) is 4.65. The summed E-state index contributed by atoms with van der Waals surface area (Å²) >= 11 is 0. The van der Waals surface area contributed by atoms with Crippen LogP contribution >= 0.6 is 0 Å². The number of nitrogens with one attached hydrogen (secondary N) is 2. The van der Waals surface area contributed by atoms with Gasteiger partial charge in [-0.1, -0.05) is 18.2 Å². The number of carbonyl (C=O) groups excluding carboxylic acids is 2. The third-order valence-electron chi connectivity index (χ3n) is 4.05. The van der Waals surface area contributed by atoms with Crippen LogP contribution in [-0.4, -0.2) is 30.3 Å². The second-order valence-electron chi connectivity index (χ2n) is 6.19. The first kappa shape index (κ1) is 24.9. The van der Waals surface area contributed by atoms with Crippen LogP contribution < -0.4 is 10.6 Å². The van der Waals surface area contributed by atoms with Crippen LogP contribution in [0.25, 0.3) is 0 Å². The third-order valence-corrected chi connectivity index (χ3v) is 4.05. The first-order valence-electron chi connectivity index (χ1n) is 8.69. The molecule has 0 radical (unpaired) electrons. The van der Waals surface area contributed by atoms with Crippen LogP contribution in [0.1, 0.15) is 22.8 Å². The van der Waals surface area contributed by atoms with E-state index in [-0.39, 0.29) is 0 Å². The Morgan fingerprint density at radius 3 is 1.97 bits per heavy atom. The zero-order chi connectivity index (χ0) is 24.3. The number of hydrogen-bond acceptors (Lipinski definition) is 4. The standard InChI is InChI=1S/C19H14F8N2O3/c1-2-32-16(31)17(19(25,26)27,28-13-9-4-3-6-10(13)18(22,23)24)29-15(30)14-11(20)7-5-8-12(14)21/h3-9,28H,2H2,1H3,(H,29,30)/t17-/m0/s1. The Kier molecular flexibility index (Phi) is 7.00. The first-order chi connectivity index (χ1) is 14.7. The summed E-state index contributed by atoms with van der Waals surface area (Å²) in [4.78, 5) is 24.7. The molecule has 2 aromatic rings. The SMILES string of the molecule is CCOC(=O)[C@@](NC(=O)c1c(F)cccc1F)(Nc1ccccc1C(F)(F)F)C(F)(F)F. The van der Waals surface area contributed by atoms with Crippen LogP contribution in [0.4, 0.5) is 40.8 Å². The first-order valence-corrected chi connectivity index (χ1v) is 8.69. The Labute approximate surface area is 175 Å². The Morgan fingerprint density at radius 1 is 0.906 bits per heavy atom. The summed E-state index contributed by atoms with van der Waals surface area (Å²) in [7, 11) is 0. The van der Waals surface area contributed by atoms with E-state index in [1.165, 1.54) is 5.32 Å². The molecule has 1 atom stereocenters. The van der Waals surface area contributed by atoms with Gasteiger partial charge in [-0.3, -0.25) is 4.79 Å². The van der Waals surface area contributed by atoms with Gasteiger partial charge in [-0.25, -0.2) is 13.6 Å². The molecule has 0 spiro atoms. The molecule has 0 aliphatic carbocycles. The maximum Gasteiger partial charge on any atom is 0.441 e. The molecule has 5 nitrogen and oxygen atoms in total. The van der Waals surface area contributed by atoms with E-state index in [9.17, 15) is 44.7 Å². The second-order valence-corrected chi connectivity index (χ2v) is 6.19. The van der Waals surface area contributed by atoms with Crippen molar-refractivity contribution in [2.24, 2.45) is 0 Å². The summed E-state index contributed by atoms with van der Waals surface area (Å²) in [5, 5.41) is 2.42. The minimum absolute atomic E-state index is 0.424. The number of ether oxygens (including phenoxy) is 1. The molecule has 174 valence electrons. The molecule has 0 aromatic heterocycles. The van der Waals surface area contributed by atoms with E-state index >= 15 is 0 Å². The molecular formula is C19H14F8N2O3. The quantitative estimate of drug-likeness (QED) is 0.367. The molecule has 0 aliphatic rings. The molecule has 0 aliphatic heterocycles. The molecule has 0 heterocycles. The lowest BCUT2D eigenvalue weighted by Crippen LogP contribution is -2.69. The maximum atomic E-state index is 14.1. The van der Waals surface area contributed by atoms with Crippen LogP contribution in [0, 0.1) is 11.6 Å². The van der Waals surface area contributed by atoms with Gasteiger partial charge in [-0.15, -0.1) is 0 Å². The number of alkyl halides is 6. The highest BCUT2D eigenvalue weighted by molar-refractivity contribution is 6.00. The Balaban J connectivity index is 2.68. The van der Waals surface area contributed by atoms with E-state index in [0.717, 1.165) is 30.4 Å². The van der Waals surface area contributed by atoms with Crippen LogP contribution in [0.15, 0.2) is 42.5 Å². The smallest absolute Gasteiger partial charge is 0.441 e. The summed E-state index contributed by atoms with van der Waals surface area (Å²) in [6, 6.07) is 4.74. The molecule has 13 heteroatoms. The van der Waals surface area contributed by atoms with E-state index in [4.69, 9.17) is 0 Å². The maximum absolute atomic E-state index is 14.1. The number of benzene rings is 2. The van der Waals surface area contributed by atoms with Gasteiger partial charge in [0.25, 0.3) is 5.91 Å². The van der Waals surface area contributed by atoms with Gasteiger partial charge in [0.15, 0.2) is 0 Å². The average molecular weight is 470 g/mol. The van der Waals surface area contributed by atoms with Crippen molar-refractivity contribution in [3.63, 3.8) is 0 Å². The number of rotatable bonds is 6. The number of esters is 1. The molecular weight excluding hydrogens is 456 g/mol. The summed E-state index contributed by atoms with van der Waals surface area (Å²) in [6.45, 7) is 0.435. The fourth-order valence-corrected chi connectivity index (χ4v) is 2.62. The van der Waals surface area contributed by atoms with Crippen molar-refractivity contribution in [2.45, 2.75) is 24.9 Å². The highest BCUT2D eigenvalue weighted by Gasteiger charge is 2.64. The van der Waals surface area contributed by atoms with Gasteiger partial charge < -0.3 is 15.4 Å². The molecule has 32 heavy (non-hydrogen) atoms. The van der Waals surface area contributed by atoms with Crippen molar-refractivity contribution in [3.8, 4) is 0 Å². The van der Waals surface area contributed by atoms with Gasteiger partial charge in [0.1, 0.15) is 17.2 Å². The number of hydrogen-bond donors (Lipinski definition) is 2. The van der Waals surface area contributed by atoms with Crippen molar-refractivity contribution >= 4 is 17.6 Å². The van der Waals surface area contributed by atoms with E-state index in [1.807, 2.05) is 0 Å². The van der Waals surface area contributed by atoms with Crippen LogP contribution in [0.5, 0.6) is 0 Å². The molecule has 2 N–H and O–H groups in total. The number of para-hydroxylation sites is 1. The number of halogens is 8. The number of carbonyl (C=O) groups is 2. The molecule has 0 unspecified atom stereocenters. The topological polar surface area (TPSA) is 67.4 Å². The lowest BCUT2D eigenvalue weighted by Gasteiger charge is -2.36. The Hall–Kier alpha value is -3.38. The lowest BCUT2D eigenvalue weighted by atomic mass is 10.1. The minimum Gasteiger partial charge on any atom is -0.463 e. The summed E-state index contributed by atoms with van der Waals surface area (Å²) in [6.07, 6.45) is -11.0. The van der Waals surface area contributed by atoms with Gasteiger partial charge in [0.05, 0.1) is 12.2 Å². The summed E-state index contributed by atoms with van der Waals surface area (Å²) in [5.41, 5.74) is -8.67. The molecule has 1 amide bonds. The van der Waals surface area contributed by atoms with Crippen molar-refractivity contribution < 1.29 is 49.4 Å².